The summed E-state index contributed by atoms with van der Waals surface area (Å²) in [5.41, 5.74) is 6.16. The zero-order chi connectivity index (χ0) is 20.1. The van der Waals surface area contributed by atoms with Crippen LogP contribution in [0, 0.1) is 0 Å². The molecule has 1 aliphatic heterocycles. The van der Waals surface area contributed by atoms with E-state index in [2.05, 4.69) is 32.6 Å². The number of aromatic nitrogens is 5. The second-order valence-electron chi connectivity index (χ2n) is 7.37. The Morgan fingerprint density at radius 2 is 1.97 bits per heavy atom. The molecule has 0 spiro atoms. The Bertz CT molecular complexity index is 1460. The number of fused-ring (bicyclic) bond motifs is 3. The highest BCUT2D eigenvalue weighted by molar-refractivity contribution is 5.99. The fourth-order valence-corrected chi connectivity index (χ4v) is 3.89. The van der Waals surface area contributed by atoms with Crippen molar-refractivity contribution in [3.8, 4) is 11.3 Å². The molecule has 1 N–H and O–H groups in total. The van der Waals surface area contributed by atoms with E-state index in [1.807, 2.05) is 48.5 Å². The number of nitrogens with one attached hydrogen (secondary N) is 1. The van der Waals surface area contributed by atoms with Gasteiger partial charge in [-0.15, -0.1) is 10.2 Å². The van der Waals surface area contributed by atoms with E-state index in [9.17, 15) is 4.79 Å². The third kappa shape index (κ3) is 2.71. The summed E-state index contributed by atoms with van der Waals surface area (Å²) in [6, 6.07) is 19.8. The number of amides is 1. The summed E-state index contributed by atoms with van der Waals surface area (Å²) in [5.74, 6) is 0.720. The fraction of sp³-hybridized carbons (Fsp3) is 0.0870. The summed E-state index contributed by atoms with van der Waals surface area (Å²) in [5, 5.41) is 17.3. The Balaban J connectivity index is 1.39. The predicted molar refractivity (Wildman–Crippen MR) is 112 cm³/mol. The minimum atomic E-state index is -0.0382. The van der Waals surface area contributed by atoms with Gasteiger partial charge in [-0.3, -0.25) is 9.78 Å². The third-order valence-electron chi connectivity index (χ3n) is 5.45. The van der Waals surface area contributed by atoms with Gasteiger partial charge in [-0.1, -0.05) is 24.3 Å². The Morgan fingerprint density at radius 1 is 1.00 bits per heavy atom. The maximum Gasteiger partial charge on any atom is 0.251 e. The van der Waals surface area contributed by atoms with Crippen molar-refractivity contribution in [2.45, 2.75) is 13.0 Å². The number of benzene rings is 2. The molecule has 6 rings (SSSR count). The highest BCUT2D eigenvalue weighted by atomic mass is 16.1. The molecule has 7 heteroatoms. The van der Waals surface area contributed by atoms with Gasteiger partial charge in [0.05, 0.1) is 11.2 Å². The molecule has 0 bridgehead atoms. The number of nitrogens with zero attached hydrogens (tertiary/aromatic N) is 5. The van der Waals surface area contributed by atoms with E-state index in [0.29, 0.717) is 24.2 Å². The monoisotopic (exact) mass is 392 g/mol. The van der Waals surface area contributed by atoms with E-state index in [0.717, 1.165) is 39.1 Å². The van der Waals surface area contributed by atoms with E-state index in [4.69, 9.17) is 5.10 Å². The van der Waals surface area contributed by atoms with Crippen molar-refractivity contribution in [2.75, 3.05) is 0 Å². The third-order valence-corrected chi connectivity index (χ3v) is 5.45. The van der Waals surface area contributed by atoms with Crippen LogP contribution in [-0.4, -0.2) is 30.7 Å². The summed E-state index contributed by atoms with van der Waals surface area (Å²) >= 11 is 0. The Morgan fingerprint density at radius 3 is 2.93 bits per heavy atom. The molecule has 0 unspecified atom stereocenters. The van der Waals surface area contributed by atoms with E-state index >= 15 is 0 Å². The molecule has 2 aromatic carbocycles. The number of hydrogen-bond donors (Lipinski definition) is 1. The van der Waals surface area contributed by atoms with Crippen LogP contribution < -0.4 is 5.32 Å². The van der Waals surface area contributed by atoms with Crippen molar-refractivity contribution in [1.29, 1.82) is 0 Å². The van der Waals surface area contributed by atoms with Gasteiger partial charge in [0.25, 0.3) is 5.91 Å². The first-order chi connectivity index (χ1) is 14.7. The van der Waals surface area contributed by atoms with Gasteiger partial charge in [0.2, 0.25) is 0 Å². The number of rotatable bonds is 3. The van der Waals surface area contributed by atoms with Crippen molar-refractivity contribution in [3.63, 3.8) is 0 Å². The van der Waals surface area contributed by atoms with Gasteiger partial charge >= 0.3 is 0 Å². The number of carbonyl (C=O) groups is 1. The van der Waals surface area contributed by atoms with Crippen LogP contribution in [0.2, 0.25) is 0 Å². The van der Waals surface area contributed by atoms with Crippen molar-refractivity contribution in [3.05, 3.63) is 89.4 Å². The second kappa shape index (κ2) is 6.45. The molecule has 0 fully saturated rings. The molecule has 1 amide bonds. The molecule has 144 valence electrons. The number of carbonyl (C=O) groups excluding carboxylic acids is 1. The molecule has 30 heavy (non-hydrogen) atoms. The molecule has 7 nitrogen and oxygen atoms in total. The largest absolute Gasteiger partial charge is 0.348 e. The number of hydrogen-bond acceptors (Lipinski definition) is 5. The summed E-state index contributed by atoms with van der Waals surface area (Å²) < 4.78 is 1.77. The van der Waals surface area contributed by atoms with E-state index in [-0.39, 0.29) is 5.91 Å². The summed E-state index contributed by atoms with van der Waals surface area (Å²) in [4.78, 5) is 16.4. The predicted octanol–water partition coefficient (Wildman–Crippen LogP) is 3.17. The van der Waals surface area contributed by atoms with Crippen molar-refractivity contribution in [1.82, 2.24) is 30.1 Å². The topological polar surface area (TPSA) is 85.1 Å². The van der Waals surface area contributed by atoms with Gasteiger partial charge in [0.1, 0.15) is 0 Å². The second-order valence-corrected chi connectivity index (χ2v) is 7.37. The van der Waals surface area contributed by atoms with Crippen LogP contribution in [0.5, 0.6) is 0 Å². The molecule has 0 radical (unpaired) electrons. The molecule has 1 aliphatic rings. The molecule has 0 saturated heterocycles. The molecule has 0 saturated carbocycles. The molecular weight excluding hydrogens is 376 g/mol. The van der Waals surface area contributed by atoms with Crippen molar-refractivity contribution < 1.29 is 4.79 Å². The zero-order valence-electron chi connectivity index (χ0n) is 15.9. The van der Waals surface area contributed by atoms with E-state index in [1.165, 1.54) is 0 Å². The van der Waals surface area contributed by atoms with Gasteiger partial charge in [0, 0.05) is 35.7 Å². The molecule has 5 aromatic rings. The van der Waals surface area contributed by atoms with Crippen LogP contribution in [0.1, 0.15) is 27.3 Å². The summed E-state index contributed by atoms with van der Waals surface area (Å²) in [6.07, 6.45) is 2.40. The lowest BCUT2D eigenvalue weighted by Gasteiger charge is -2.06. The molecule has 4 heterocycles. The van der Waals surface area contributed by atoms with Crippen molar-refractivity contribution >= 4 is 22.5 Å². The number of pyridine rings is 1. The van der Waals surface area contributed by atoms with Gasteiger partial charge in [-0.2, -0.15) is 9.61 Å². The van der Waals surface area contributed by atoms with Crippen LogP contribution in [0.3, 0.4) is 0 Å². The Hall–Kier alpha value is -4.13. The van der Waals surface area contributed by atoms with E-state index < -0.39 is 0 Å². The Labute approximate surface area is 171 Å². The Kier molecular flexibility index (Phi) is 3.61. The van der Waals surface area contributed by atoms with Crippen molar-refractivity contribution in [2.24, 2.45) is 0 Å². The standard InChI is InChI=1S/C23H16N6O/c30-23-18-12-16(4-5-17(18)13-25-23)20-7-8-21-26-27-22(29(21)28-20)11-14-3-6-19-15(10-14)2-1-9-24-19/h1-10,12H,11,13H2,(H,25,30). The smallest absolute Gasteiger partial charge is 0.251 e. The van der Waals surface area contributed by atoms with Crippen LogP contribution in [0.25, 0.3) is 27.8 Å². The van der Waals surface area contributed by atoms with Crippen LogP contribution >= 0.6 is 0 Å². The average molecular weight is 392 g/mol. The summed E-state index contributed by atoms with van der Waals surface area (Å²) in [7, 11) is 0. The van der Waals surface area contributed by atoms with Gasteiger partial charge in [0.15, 0.2) is 11.5 Å². The van der Waals surface area contributed by atoms with E-state index in [1.54, 1.807) is 10.7 Å². The van der Waals surface area contributed by atoms with Crippen LogP contribution in [0.15, 0.2) is 66.9 Å². The zero-order valence-corrected chi connectivity index (χ0v) is 15.9. The highest BCUT2D eigenvalue weighted by Crippen LogP contribution is 2.24. The lowest BCUT2D eigenvalue weighted by molar-refractivity contribution is 0.0966. The van der Waals surface area contributed by atoms with Gasteiger partial charge < -0.3 is 5.32 Å². The first kappa shape index (κ1) is 16.8. The molecule has 3 aromatic heterocycles. The lowest BCUT2D eigenvalue weighted by atomic mass is 10.0. The minimum Gasteiger partial charge on any atom is -0.348 e. The van der Waals surface area contributed by atoms with Gasteiger partial charge in [-0.25, -0.2) is 0 Å². The molecule has 0 aliphatic carbocycles. The summed E-state index contributed by atoms with van der Waals surface area (Å²) in [6.45, 7) is 0.581. The van der Waals surface area contributed by atoms with Crippen LogP contribution in [-0.2, 0) is 13.0 Å². The quantitative estimate of drug-likeness (QED) is 0.510. The lowest BCUT2D eigenvalue weighted by Crippen LogP contribution is -2.12. The maximum atomic E-state index is 12.0. The maximum absolute atomic E-state index is 12.0. The highest BCUT2D eigenvalue weighted by Gasteiger charge is 2.19. The average Bonchev–Trinajstić information content (AvgIpc) is 3.36. The first-order valence-electron chi connectivity index (χ1n) is 9.71. The SMILES string of the molecule is O=C1NCc2ccc(-c3ccc4nnc(Cc5ccc6ncccc6c5)n4n3)cc21. The normalized spacial score (nSPS) is 13.0. The molecular formula is C23H16N6O. The first-order valence-corrected chi connectivity index (χ1v) is 9.71. The van der Waals surface area contributed by atoms with Crippen LogP contribution in [0.4, 0.5) is 0 Å². The minimum absolute atomic E-state index is 0.0382. The molecule has 0 atom stereocenters. The van der Waals surface area contributed by atoms with Gasteiger partial charge in [-0.05, 0) is 47.5 Å². The fourth-order valence-electron chi connectivity index (χ4n) is 3.89.